The van der Waals surface area contributed by atoms with Crippen LogP contribution in [-0.2, 0) is 0 Å². The molecule has 2 unspecified atom stereocenters. The van der Waals surface area contributed by atoms with Gasteiger partial charge in [0.15, 0.2) is 11.6 Å². The lowest BCUT2D eigenvalue weighted by Crippen LogP contribution is -2.29. The average Bonchev–Trinajstić information content (AvgIpc) is 2.83. The van der Waals surface area contributed by atoms with Crippen LogP contribution in [0, 0.1) is 0 Å². The molecule has 4 N–H and O–H groups in total. The van der Waals surface area contributed by atoms with Crippen molar-refractivity contribution in [1.29, 1.82) is 0 Å². The standard InChI is InChI=1S/C21H21N7OS/c1-2-14-19(22-5-1)28-15(10-24-14)13-3-4-16-20(27-13)26-11-17(29-16)12-8-18-21(25-9-12)23-6-7-30-18/h1-5,8-9,15,17,24H,6-7,10-11H2,(H,22,28)(H,23,25)(H,26,27). The van der Waals surface area contributed by atoms with E-state index in [1.54, 1.807) is 6.20 Å². The van der Waals surface area contributed by atoms with Gasteiger partial charge in [0.2, 0.25) is 0 Å². The van der Waals surface area contributed by atoms with E-state index in [1.165, 1.54) is 4.90 Å². The smallest absolute Gasteiger partial charge is 0.169 e. The van der Waals surface area contributed by atoms with Crippen molar-refractivity contribution in [2.24, 2.45) is 0 Å². The van der Waals surface area contributed by atoms with E-state index < -0.39 is 0 Å². The highest BCUT2D eigenvalue weighted by Gasteiger charge is 2.26. The third-order valence-electron chi connectivity index (χ3n) is 5.47. The normalized spacial score (nSPS) is 21.3. The molecule has 0 aromatic carbocycles. The van der Waals surface area contributed by atoms with Crippen molar-refractivity contribution in [3.63, 3.8) is 0 Å². The Morgan fingerprint density at radius 3 is 3.00 bits per heavy atom. The highest BCUT2D eigenvalue weighted by atomic mass is 32.2. The van der Waals surface area contributed by atoms with Crippen LogP contribution < -0.4 is 26.0 Å². The molecule has 0 fully saturated rings. The number of thioether (sulfide) groups is 1. The van der Waals surface area contributed by atoms with Crippen molar-refractivity contribution in [3.8, 4) is 5.75 Å². The quantitative estimate of drug-likeness (QED) is 0.497. The number of ether oxygens (including phenoxy) is 1. The fraction of sp³-hybridized carbons (Fsp3) is 0.286. The molecule has 0 bridgehead atoms. The number of anilines is 4. The van der Waals surface area contributed by atoms with Gasteiger partial charge in [-0.05, 0) is 30.3 Å². The monoisotopic (exact) mass is 419 g/mol. The molecule has 3 aromatic rings. The van der Waals surface area contributed by atoms with Gasteiger partial charge in [0.05, 0.1) is 28.9 Å². The first kappa shape index (κ1) is 17.6. The molecule has 6 rings (SSSR count). The summed E-state index contributed by atoms with van der Waals surface area (Å²) in [4.78, 5) is 15.0. The lowest BCUT2D eigenvalue weighted by Gasteiger charge is -2.30. The van der Waals surface area contributed by atoms with Crippen LogP contribution >= 0.6 is 11.8 Å². The van der Waals surface area contributed by atoms with E-state index in [0.717, 1.165) is 59.0 Å². The molecule has 0 radical (unpaired) electrons. The number of rotatable bonds is 2. The van der Waals surface area contributed by atoms with Crippen LogP contribution in [0.15, 0.2) is 47.6 Å². The number of nitrogens with one attached hydrogen (secondary N) is 4. The first-order valence-electron chi connectivity index (χ1n) is 10.1. The number of pyridine rings is 3. The summed E-state index contributed by atoms with van der Waals surface area (Å²) in [5.74, 6) is 4.42. The van der Waals surface area contributed by atoms with Crippen LogP contribution in [0.1, 0.15) is 23.4 Å². The zero-order chi connectivity index (χ0) is 19.9. The van der Waals surface area contributed by atoms with E-state index in [9.17, 15) is 0 Å². The minimum Gasteiger partial charge on any atom is -0.480 e. The number of hydrogen-bond acceptors (Lipinski definition) is 9. The van der Waals surface area contributed by atoms with Crippen molar-refractivity contribution < 1.29 is 4.74 Å². The molecule has 9 heteroatoms. The zero-order valence-corrected chi connectivity index (χ0v) is 17.0. The summed E-state index contributed by atoms with van der Waals surface area (Å²) in [6, 6.07) is 10.2. The maximum atomic E-state index is 6.26. The van der Waals surface area contributed by atoms with Crippen molar-refractivity contribution in [1.82, 2.24) is 15.0 Å². The molecule has 3 aliphatic heterocycles. The maximum Gasteiger partial charge on any atom is 0.169 e. The Morgan fingerprint density at radius 2 is 2.00 bits per heavy atom. The first-order chi connectivity index (χ1) is 14.8. The molecule has 3 aliphatic rings. The van der Waals surface area contributed by atoms with E-state index in [-0.39, 0.29) is 12.1 Å². The molecule has 0 spiro atoms. The van der Waals surface area contributed by atoms with Gasteiger partial charge in [-0.25, -0.2) is 15.0 Å². The predicted molar refractivity (Wildman–Crippen MR) is 119 cm³/mol. The van der Waals surface area contributed by atoms with E-state index in [1.807, 2.05) is 42.2 Å². The van der Waals surface area contributed by atoms with Gasteiger partial charge in [-0.15, -0.1) is 11.8 Å². The Bertz CT molecular complexity index is 1110. The number of fused-ring (bicyclic) bond motifs is 3. The topological polar surface area (TPSA) is 96.0 Å². The Hall–Kier alpha value is -3.20. The molecule has 0 amide bonds. The third kappa shape index (κ3) is 3.15. The molecule has 30 heavy (non-hydrogen) atoms. The lowest BCUT2D eigenvalue weighted by molar-refractivity contribution is 0.208. The summed E-state index contributed by atoms with van der Waals surface area (Å²) >= 11 is 1.83. The van der Waals surface area contributed by atoms with Crippen LogP contribution in [0.2, 0.25) is 0 Å². The van der Waals surface area contributed by atoms with E-state index >= 15 is 0 Å². The molecule has 0 saturated carbocycles. The fourth-order valence-electron chi connectivity index (χ4n) is 3.93. The summed E-state index contributed by atoms with van der Waals surface area (Å²) in [5, 5.41) is 13.7. The number of nitrogens with zero attached hydrogens (tertiary/aromatic N) is 3. The molecule has 0 saturated heterocycles. The van der Waals surface area contributed by atoms with Gasteiger partial charge in [0.25, 0.3) is 0 Å². The zero-order valence-electron chi connectivity index (χ0n) is 16.2. The molecule has 2 atom stereocenters. The Balaban J connectivity index is 1.21. The summed E-state index contributed by atoms with van der Waals surface area (Å²) in [5.41, 5.74) is 3.04. The van der Waals surface area contributed by atoms with Gasteiger partial charge < -0.3 is 26.0 Å². The second-order valence-electron chi connectivity index (χ2n) is 7.44. The second kappa shape index (κ2) is 7.24. The van der Waals surface area contributed by atoms with Gasteiger partial charge in [-0.1, -0.05) is 0 Å². The maximum absolute atomic E-state index is 6.26. The minimum atomic E-state index is -0.0870. The molecule has 3 aromatic heterocycles. The first-order valence-corrected chi connectivity index (χ1v) is 11.1. The van der Waals surface area contributed by atoms with Crippen LogP contribution in [0.3, 0.4) is 0 Å². The molecule has 8 nitrogen and oxygen atoms in total. The van der Waals surface area contributed by atoms with Gasteiger partial charge >= 0.3 is 0 Å². The van der Waals surface area contributed by atoms with Crippen molar-refractivity contribution in [3.05, 3.63) is 54.0 Å². The Labute approximate surface area is 178 Å². The molecule has 6 heterocycles. The summed E-state index contributed by atoms with van der Waals surface area (Å²) in [7, 11) is 0. The van der Waals surface area contributed by atoms with Gasteiger partial charge in [-0.3, -0.25) is 0 Å². The van der Waals surface area contributed by atoms with Crippen molar-refractivity contribution >= 4 is 34.9 Å². The molecule has 152 valence electrons. The Kier molecular flexibility index (Phi) is 4.26. The third-order valence-corrected chi connectivity index (χ3v) is 6.50. The molecule has 0 aliphatic carbocycles. The van der Waals surface area contributed by atoms with Crippen molar-refractivity contribution in [2.75, 3.05) is 46.7 Å². The number of aromatic nitrogens is 3. The average molecular weight is 420 g/mol. The van der Waals surface area contributed by atoms with Crippen molar-refractivity contribution in [2.45, 2.75) is 17.0 Å². The fourth-order valence-corrected chi connectivity index (χ4v) is 4.83. The summed E-state index contributed by atoms with van der Waals surface area (Å²) in [6.07, 6.45) is 3.60. The van der Waals surface area contributed by atoms with Crippen LogP contribution in [0.5, 0.6) is 5.75 Å². The highest BCUT2D eigenvalue weighted by molar-refractivity contribution is 7.99. The minimum absolute atomic E-state index is 0.0478. The van der Waals surface area contributed by atoms with E-state index in [2.05, 4.69) is 37.3 Å². The SMILES string of the molecule is c1cnc2c(c1)NCC(c1ccc3c(n1)NCC(c1cnc4c(c1)SCCN4)O3)N2. The molecular weight excluding hydrogens is 398 g/mol. The van der Waals surface area contributed by atoms with E-state index in [4.69, 9.17) is 9.72 Å². The van der Waals surface area contributed by atoms with Crippen LogP contribution in [0.25, 0.3) is 0 Å². The van der Waals surface area contributed by atoms with Crippen LogP contribution in [-0.4, -0.2) is 40.3 Å². The predicted octanol–water partition coefficient (Wildman–Crippen LogP) is 3.51. The lowest BCUT2D eigenvalue weighted by atomic mass is 10.1. The summed E-state index contributed by atoms with van der Waals surface area (Å²) < 4.78 is 6.26. The van der Waals surface area contributed by atoms with Gasteiger partial charge in [0.1, 0.15) is 17.7 Å². The number of hydrogen-bond donors (Lipinski definition) is 4. The summed E-state index contributed by atoms with van der Waals surface area (Å²) in [6.45, 7) is 2.36. The van der Waals surface area contributed by atoms with Gasteiger partial charge in [-0.2, -0.15) is 0 Å². The highest BCUT2D eigenvalue weighted by Crippen LogP contribution is 2.37. The van der Waals surface area contributed by atoms with Crippen LogP contribution in [0.4, 0.5) is 23.1 Å². The van der Waals surface area contributed by atoms with Gasteiger partial charge in [0, 0.05) is 36.8 Å². The molecular formula is C21H21N7OS. The Morgan fingerprint density at radius 1 is 1.00 bits per heavy atom. The largest absolute Gasteiger partial charge is 0.480 e. The second-order valence-corrected chi connectivity index (χ2v) is 8.58. The van der Waals surface area contributed by atoms with E-state index in [0.29, 0.717) is 6.54 Å².